The molecule has 1 aliphatic heterocycles. The van der Waals surface area contributed by atoms with Gasteiger partial charge in [-0.1, -0.05) is 60.7 Å². The van der Waals surface area contributed by atoms with Gasteiger partial charge in [0.2, 0.25) is 5.79 Å². The average Bonchev–Trinajstić information content (AvgIpc) is 3.12. The van der Waals surface area contributed by atoms with Crippen molar-refractivity contribution in [2.24, 2.45) is 5.92 Å². The summed E-state index contributed by atoms with van der Waals surface area (Å²) < 4.78 is 13.2. The second-order valence-electron chi connectivity index (χ2n) is 7.26. The lowest BCUT2D eigenvalue weighted by Crippen LogP contribution is -2.31. The Kier molecular flexibility index (Phi) is 4.17. The molecule has 1 saturated heterocycles. The van der Waals surface area contributed by atoms with Gasteiger partial charge in [-0.25, -0.2) is 0 Å². The van der Waals surface area contributed by atoms with Crippen LogP contribution in [0.15, 0.2) is 60.7 Å². The van der Waals surface area contributed by atoms with Crippen LogP contribution in [0.5, 0.6) is 0 Å². The van der Waals surface area contributed by atoms with Gasteiger partial charge in [-0.15, -0.1) is 0 Å². The van der Waals surface area contributed by atoms with Crippen LogP contribution in [-0.4, -0.2) is 37.7 Å². The van der Waals surface area contributed by atoms with E-state index >= 15 is 0 Å². The van der Waals surface area contributed by atoms with Crippen molar-refractivity contribution in [2.45, 2.75) is 30.8 Å². The van der Waals surface area contributed by atoms with E-state index in [1.807, 2.05) is 12.1 Å². The van der Waals surface area contributed by atoms with Crippen molar-refractivity contribution >= 4 is 0 Å². The van der Waals surface area contributed by atoms with Gasteiger partial charge in [-0.05, 0) is 32.9 Å². The predicted octanol–water partition coefficient (Wildman–Crippen LogP) is 3.64. The van der Waals surface area contributed by atoms with E-state index in [0.717, 1.165) is 30.5 Å². The summed E-state index contributed by atoms with van der Waals surface area (Å²) in [4.78, 5) is 2.26. The third-order valence-electron chi connectivity index (χ3n) is 5.11. The molecule has 2 aromatic carbocycles. The summed E-state index contributed by atoms with van der Waals surface area (Å²) in [7, 11) is 4.27. The van der Waals surface area contributed by atoms with Crippen LogP contribution in [-0.2, 0) is 15.3 Å². The van der Waals surface area contributed by atoms with Crippen LogP contribution in [0.3, 0.4) is 0 Å². The first-order valence-corrected chi connectivity index (χ1v) is 8.79. The molecule has 0 amide bonds. The van der Waals surface area contributed by atoms with Crippen molar-refractivity contribution in [1.82, 2.24) is 4.90 Å². The Bertz CT molecular complexity index is 615. The van der Waals surface area contributed by atoms with Crippen LogP contribution < -0.4 is 0 Å². The van der Waals surface area contributed by atoms with Gasteiger partial charge < -0.3 is 14.4 Å². The van der Waals surface area contributed by atoms with Gasteiger partial charge in [0.25, 0.3) is 0 Å². The quantitative estimate of drug-likeness (QED) is 0.857. The van der Waals surface area contributed by atoms with Crippen molar-refractivity contribution in [3.63, 3.8) is 0 Å². The summed E-state index contributed by atoms with van der Waals surface area (Å²) in [5, 5.41) is 0. The second kappa shape index (κ2) is 6.32. The zero-order chi connectivity index (χ0) is 16.6. The molecule has 2 aromatic rings. The number of hydrogen-bond acceptors (Lipinski definition) is 3. The molecule has 0 spiro atoms. The molecule has 1 aliphatic carbocycles. The lowest BCUT2D eigenvalue weighted by Gasteiger charge is -2.31. The van der Waals surface area contributed by atoms with Crippen molar-refractivity contribution in [3.8, 4) is 0 Å². The Balaban J connectivity index is 1.64. The van der Waals surface area contributed by atoms with Gasteiger partial charge in [0.05, 0.1) is 12.2 Å². The Morgan fingerprint density at radius 3 is 1.71 bits per heavy atom. The highest BCUT2D eigenvalue weighted by Crippen LogP contribution is 2.49. The van der Waals surface area contributed by atoms with Crippen molar-refractivity contribution in [1.29, 1.82) is 0 Å². The van der Waals surface area contributed by atoms with Gasteiger partial charge in [0, 0.05) is 17.7 Å². The first kappa shape index (κ1) is 15.8. The van der Waals surface area contributed by atoms with E-state index in [1.54, 1.807) is 0 Å². The third-order valence-corrected chi connectivity index (χ3v) is 5.11. The molecule has 0 radical (unpaired) electrons. The number of benzene rings is 2. The summed E-state index contributed by atoms with van der Waals surface area (Å²) in [5.41, 5.74) is 2.16. The molecule has 1 saturated carbocycles. The summed E-state index contributed by atoms with van der Waals surface area (Å²) in [5.74, 6) is -0.111. The molecular weight excluding hydrogens is 298 g/mol. The fraction of sp³-hybridized carbons (Fsp3) is 0.429. The molecule has 0 bridgehead atoms. The lowest BCUT2D eigenvalue weighted by molar-refractivity contribution is -0.158. The second-order valence-corrected chi connectivity index (χ2v) is 7.26. The number of ether oxygens (including phenoxy) is 2. The third kappa shape index (κ3) is 2.77. The maximum Gasteiger partial charge on any atom is 0.223 e. The highest BCUT2D eigenvalue weighted by atomic mass is 16.8. The maximum atomic E-state index is 6.62. The minimum absolute atomic E-state index is 0.176. The fourth-order valence-electron chi connectivity index (χ4n) is 4.18. The van der Waals surface area contributed by atoms with Crippen molar-refractivity contribution < 1.29 is 9.47 Å². The smallest absolute Gasteiger partial charge is 0.223 e. The van der Waals surface area contributed by atoms with Crippen LogP contribution in [0.2, 0.25) is 0 Å². The van der Waals surface area contributed by atoms with E-state index in [2.05, 4.69) is 67.5 Å². The number of rotatable bonds is 4. The van der Waals surface area contributed by atoms with Crippen molar-refractivity contribution in [2.75, 3.05) is 20.6 Å². The Labute approximate surface area is 144 Å². The van der Waals surface area contributed by atoms with E-state index in [4.69, 9.17) is 9.47 Å². The standard InChI is InChI=1S/C21H25NO2/c1-22(2)15-16-13-19-20(14-16)24-21(23-19,17-9-5-3-6-10-17)18-11-7-4-8-12-18/h3-12,16,19-20H,13-15H2,1-2H3/t16?,19-,20+. The van der Waals surface area contributed by atoms with E-state index in [1.165, 1.54) is 0 Å². The molecule has 2 aliphatic rings. The van der Waals surface area contributed by atoms with E-state index in [0.29, 0.717) is 5.92 Å². The number of hydrogen-bond donors (Lipinski definition) is 0. The Morgan fingerprint density at radius 1 is 0.833 bits per heavy atom. The van der Waals surface area contributed by atoms with Crippen LogP contribution in [0.25, 0.3) is 0 Å². The average molecular weight is 323 g/mol. The molecular formula is C21H25NO2. The van der Waals surface area contributed by atoms with Gasteiger partial charge >= 0.3 is 0 Å². The largest absolute Gasteiger partial charge is 0.336 e. The number of nitrogens with zero attached hydrogens (tertiary/aromatic N) is 1. The highest BCUT2D eigenvalue weighted by molar-refractivity contribution is 5.35. The summed E-state index contributed by atoms with van der Waals surface area (Å²) >= 11 is 0. The molecule has 4 rings (SSSR count). The monoisotopic (exact) mass is 323 g/mol. The molecule has 2 fully saturated rings. The molecule has 126 valence electrons. The van der Waals surface area contributed by atoms with Gasteiger partial charge in [-0.3, -0.25) is 0 Å². The summed E-state index contributed by atoms with van der Waals surface area (Å²) in [6.07, 6.45) is 2.50. The number of fused-ring (bicyclic) bond motifs is 1. The van der Waals surface area contributed by atoms with Gasteiger partial charge in [0.15, 0.2) is 0 Å². The van der Waals surface area contributed by atoms with Crippen LogP contribution in [0.1, 0.15) is 24.0 Å². The molecule has 1 unspecified atom stereocenters. The van der Waals surface area contributed by atoms with E-state index in [9.17, 15) is 0 Å². The van der Waals surface area contributed by atoms with Crippen LogP contribution in [0.4, 0.5) is 0 Å². The van der Waals surface area contributed by atoms with Crippen molar-refractivity contribution in [3.05, 3.63) is 71.8 Å². The topological polar surface area (TPSA) is 21.7 Å². The molecule has 3 atom stereocenters. The van der Waals surface area contributed by atoms with Gasteiger partial charge in [0.1, 0.15) is 0 Å². The highest BCUT2D eigenvalue weighted by Gasteiger charge is 2.53. The SMILES string of the molecule is CN(C)CC1C[C@@H]2OC(c3ccccc3)(c3ccccc3)O[C@@H]2C1. The Hall–Kier alpha value is -1.68. The van der Waals surface area contributed by atoms with Gasteiger partial charge in [-0.2, -0.15) is 0 Å². The summed E-state index contributed by atoms with van der Waals surface area (Å²) in [6.45, 7) is 1.10. The lowest BCUT2D eigenvalue weighted by atomic mass is 9.97. The molecule has 3 nitrogen and oxygen atoms in total. The molecule has 3 heteroatoms. The molecule has 0 N–H and O–H groups in total. The Morgan fingerprint density at radius 2 is 1.29 bits per heavy atom. The zero-order valence-corrected chi connectivity index (χ0v) is 14.4. The molecule has 24 heavy (non-hydrogen) atoms. The fourth-order valence-corrected chi connectivity index (χ4v) is 4.18. The van der Waals surface area contributed by atoms with E-state index in [-0.39, 0.29) is 12.2 Å². The maximum absolute atomic E-state index is 6.62. The first-order valence-electron chi connectivity index (χ1n) is 8.79. The molecule has 1 heterocycles. The van der Waals surface area contributed by atoms with E-state index < -0.39 is 5.79 Å². The molecule has 0 aromatic heterocycles. The zero-order valence-electron chi connectivity index (χ0n) is 14.4. The van der Waals surface area contributed by atoms with Crippen LogP contribution >= 0.6 is 0 Å². The van der Waals surface area contributed by atoms with Crippen LogP contribution in [0, 0.1) is 5.92 Å². The normalized spacial score (nSPS) is 28.2. The predicted molar refractivity (Wildman–Crippen MR) is 94.7 cm³/mol. The summed E-state index contributed by atoms with van der Waals surface area (Å²) in [6, 6.07) is 20.7. The minimum atomic E-state index is -0.763. The first-order chi connectivity index (χ1) is 11.7. The minimum Gasteiger partial charge on any atom is -0.336 e.